The monoisotopic (exact) mass is 255 g/mol. The van der Waals surface area contributed by atoms with E-state index in [-0.39, 0.29) is 0 Å². The topological polar surface area (TPSA) is 18.5 Å². The molecule has 0 aliphatic carbocycles. The second-order valence-corrected chi connectivity index (χ2v) is 5.31. The first kappa shape index (κ1) is 12.2. The van der Waals surface area contributed by atoms with Crippen molar-refractivity contribution in [3.63, 3.8) is 0 Å². The quantitative estimate of drug-likeness (QED) is 0.876. The summed E-state index contributed by atoms with van der Waals surface area (Å²) in [6, 6.07) is 9.08. The molecule has 0 atom stereocenters. The van der Waals surface area contributed by atoms with Gasteiger partial charge in [0.15, 0.2) is 0 Å². The summed E-state index contributed by atoms with van der Waals surface area (Å²) in [5, 5.41) is 3.43. The van der Waals surface area contributed by atoms with Gasteiger partial charge in [-0.1, -0.05) is 31.4 Å². The van der Waals surface area contributed by atoms with E-state index in [2.05, 4.69) is 52.5 Å². The van der Waals surface area contributed by atoms with Crippen LogP contribution in [0, 0.1) is 0 Å². The van der Waals surface area contributed by atoms with Crippen molar-refractivity contribution in [3.05, 3.63) is 55.0 Å². The normalized spacial score (nSPS) is 19.9. The van der Waals surface area contributed by atoms with Crippen LogP contribution in [-0.2, 0) is 6.54 Å². The van der Waals surface area contributed by atoms with Crippen molar-refractivity contribution < 1.29 is 0 Å². The zero-order chi connectivity index (χ0) is 13.2. The predicted molar refractivity (Wildman–Crippen MR) is 79.5 cm³/mol. The molecule has 2 heterocycles. The first-order chi connectivity index (χ1) is 9.28. The number of hydrogen-bond donors (Lipinski definition) is 1. The van der Waals surface area contributed by atoms with Crippen molar-refractivity contribution in [2.45, 2.75) is 25.4 Å². The van der Waals surface area contributed by atoms with E-state index >= 15 is 0 Å². The summed E-state index contributed by atoms with van der Waals surface area (Å²) in [6.07, 6.45) is 4.30. The molecule has 0 spiro atoms. The van der Waals surface area contributed by atoms with Crippen LogP contribution in [0.5, 0.6) is 0 Å². The Morgan fingerprint density at radius 2 is 1.95 bits per heavy atom. The number of anilines is 1. The fourth-order valence-corrected chi connectivity index (χ4v) is 3.02. The molecule has 0 aromatic heterocycles. The maximum Gasteiger partial charge on any atom is 0.0989 e. The summed E-state index contributed by atoms with van der Waals surface area (Å²) in [4.78, 5) is 4.72. The van der Waals surface area contributed by atoms with E-state index in [1.54, 1.807) is 0 Å². The van der Waals surface area contributed by atoms with Gasteiger partial charge >= 0.3 is 0 Å². The largest absolute Gasteiger partial charge is 0.378 e. The summed E-state index contributed by atoms with van der Waals surface area (Å²) >= 11 is 0. The first-order valence-electron chi connectivity index (χ1n) is 6.95. The van der Waals surface area contributed by atoms with Gasteiger partial charge in [0.1, 0.15) is 0 Å². The average Bonchev–Trinajstić information content (AvgIpc) is 2.47. The van der Waals surface area contributed by atoms with E-state index in [0.29, 0.717) is 6.04 Å². The summed E-state index contributed by atoms with van der Waals surface area (Å²) in [5.74, 6) is 1.04. The van der Waals surface area contributed by atoms with E-state index in [9.17, 15) is 0 Å². The van der Waals surface area contributed by atoms with Crippen LogP contribution < -0.4 is 5.32 Å². The molecule has 1 fully saturated rings. The molecule has 3 heteroatoms. The third kappa shape index (κ3) is 2.33. The Morgan fingerprint density at radius 1 is 1.21 bits per heavy atom. The van der Waals surface area contributed by atoms with Crippen molar-refractivity contribution in [3.8, 4) is 0 Å². The maximum atomic E-state index is 4.19. The third-order valence-electron chi connectivity index (χ3n) is 4.18. The Kier molecular flexibility index (Phi) is 3.20. The van der Waals surface area contributed by atoms with Gasteiger partial charge in [0, 0.05) is 31.4 Å². The standard InChI is InChI=1S/C16H21N3/c1-3-18-10-8-15(9-11-18)19-12-14-6-4-5-7-16(14)17-13(19)2/h3-7,15,17H,1-2,8-12H2. The molecule has 3 rings (SSSR count). The highest BCUT2D eigenvalue weighted by Gasteiger charge is 2.27. The molecular formula is C16H21N3. The van der Waals surface area contributed by atoms with Gasteiger partial charge in [0.2, 0.25) is 0 Å². The summed E-state index contributed by atoms with van der Waals surface area (Å²) in [6.45, 7) is 11.2. The number of likely N-dealkylation sites (tertiary alicyclic amines) is 1. The molecular weight excluding hydrogens is 234 g/mol. The molecule has 0 bridgehead atoms. The van der Waals surface area contributed by atoms with Crippen LogP contribution in [-0.4, -0.2) is 28.9 Å². The van der Waals surface area contributed by atoms with E-state index in [4.69, 9.17) is 0 Å². The minimum atomic E-state index is 0.588. The number of benzene rings is 1. The SMILES string of the molecule is C=CN1CCC(N2Cc3ccccc3NC2=C)CC1. The number of rotatable bonds is 2. The Hall–Kier alpha value is -1.90. The van der Waals surface area contributed by atoms with E-state index in [1.807, 2.05) is 6.20 Å². The van der Waals surface area contributed by atoms with Gasteiger partial charge in [-0.15, -0.1) is 0 Å². The van der Waals surface area contributed by atoms with E-state index < -0.39 is 0 Å². The lowest BCUT2D eigenvalue weighted by molar-refractivity contribution is 0.155. The molecule has 0 unspecified atom stereocenters. The second-order valence-electron chi connectivity index (χ2n) is 5.31. The number of hydrogen-bond acceptors (Lipinski definition) is 3. The Bertz CT molecular complexity index is 487. The molecule has 0 radical (unpaired) electrons. The van der Waals surface area contributed by atoms with Gasteiger partial charge < -0.3 is 15.1 Å². The van der Waals surface area contributed by atoms with Crippen molar-refractivity contribution in [2.24, 2.45) is 0 Å². The lowest BCUT2D eigenvalue weighted by Gasteiger charge is -2.43. The molecule has 1 saturated heterocycles. The number of nitrogens with zero attached hydrogens (tertiary/aromatic N) is 2. The zero-order valence-corrected chi connectivity index (χ0v) is 11.3. The highest BCUT2D eigenvalue weighted by molar-refractivity contribution is 5.56. The van der Waals surface area contributed by atoms with Crippen LogP contribution in [0.1, 0.15) is 18.4 Å². The Morgan fingerprint density at radius 3 is 2.68 bits per heavy atom. The van der Waals surface area contributed by atoms with Crippen molar-refractivity contribution in [1.29, 1.82) is 0 Å². The molecule has 1 aromatic rings. The van der Waals surface area contributed by atoms with Gasteiger partial charge in [0.05, 0.1) is 5.82 Å². The molecule has 0 saturated carbocycles. The van der Waals surface area contributed by atoms with Gasteiger partial charge in [-0.3, -0.25) is 0 Å². The number of fused-ring (bicyclic) bond motifs is 1. The molecule has 19 heavy (non-hydrogen) atoms. The number of nitrogens with one attached hydrogen (secondary N) is 1. The van der Waals surface area contributed by atoms with Gasteiger partial charge in [-0.25, -0.2) is 0 Å². The first-order valence-corrected chi connectivity index (χ1v) is 6.95. The minimum Gasteiger partial charge on any atom is -0.378 e. The Balaban J connectivity index is 1.73. The van der Waals surface area contributed by atoms with Gasteiger partial charge in [-0.05, 0) is 30.7 Å². The van der Waals surface area contributed by atoms with Crippen LogP contribution in [0.25, 0.3) is 0 Å². The lowest BCUT2D eigenvalue weighted by atomic mass is 10.0. The molecule has 3 nitrogen and oxygen atoms in total. The second kappa shape index (κ2) is 5.00. The maximum absolute atomic E-state index is 4.19. The Labute approximate surface area is 115 Å². The van der Waals surface area contributed by atoms with Crippen LogP contribution >= 0.6 is 0 Å². The third-order valence-corrected chi connectivity index (χ3v) is 4.18. The number of piperidine rings is 1. The fourth-order valence-electron chi connectivity index (χ4n) is 3.02. The lowest BCUT2D eigenvalue weighted by Crippen LogP contribution is -2.45. The zero-order valence-electron chi connectivity index (χ0n) is 11.3. The molecule has 1 N–H and O–H groups in total. The minimum absolute atomic E-state index is 0.588. The van der Waals surface area contributed by atoms with Gasteiger partial charge in [-0.2, -0.15) is 0 Å². The van der Waals surface area contributed by atoms with Crippen molar-refractivity contribution in [1.82, 2.24) is 9.80 Å². The highest BCUT2D eigenvalue weighted by Crippen LogP contribution is 2.30. The molecule has 0 amide bonds. The summed E-state index contributed by atoms with van der Waals surface area (Å²) < 4.78 is 0. The van der Waals surface area contributed by atoms with E-state index in [1.165, 1.54) is 24.1 Å². The molecule has 2 aliphatic heterocycles. The van der Waals surface area contributed by atoms with Crippen LogP contribution in [0.3, 0.4) is 0 Å². The number of para-hydroxylation sites is 1. The van der Waals surface area contributed by atoms with Crippen molar-refractivity contribution >= 4 is 5.69 Å². The van der Waals surface area contributed by atoms with Crippen LogP contribution in [0.2, 0.25) is 0 Å². The van der Waals surface area contributed by atoms with Crippen LogP contribution in [0.15, 0.2) is 49.4 Å². The highest BCUT2D eigenvalue weighted by atomic mass is 15.3. The van der Waals surface area contributed by atoms with Crippen LogP contribution in [0.4, 0.5) is 5.69 Å². The van der Waals surface area contributed by atoms with Gasteiger partial charge in [0.25, 0.3) is 0 Å². The fraction of sp³-hybridized carbons (Fsp3) is 0.375. The summed E-state index contributed by atoms with van der Waals surface area (Å²) in [5.41, 5.74) is 2.56. The molecule has 1 aromatic carbocycles. The predicted octanol–water partition coefficient (Wildman–Crippen LogP) is 2.99. The smallest absolute Gasteiger partial charge is 0.0989 e. The van der Waals surface area contributed by atoms with Crippen molar-refractivity contribution in [2.75, 3.05) is 18.4 Å². The average molecular weight is 255 g/mol. The molecule has 2 aliphatic rings. The molecule has 100 valence electrons. The summed E-state index contributed by atoms with van der Waals surface area (Å²) in [7, 11) is 0. The van der Waals surface area contributed by atoms with E-state index in [0.717, 1.165) is 25.5 Å².